The lowest BCUT2D eigenvalue weighted by atomic mass is 9.83. The lowest BCUT2D eigenvalue weighted by Gasteiger charge is -2.42. The summed E-state index contributed by atoms with van der Waals surface area (Å²) < 4.78 is 60.8. The topological polar surface area (TPSA) is 106 Å². The number of nitrogens with zero attached hydrogens (tertiary/aromatic N) is 6. The normalized spacial score (nSPS) is 20.6. The summed E-state index contributed by atoms with van der Waals surface area (Å²) in [6.07, 6.45) is 3.45. The van der Waals surface area contributed by atoms with Gasteiger partial charge in [-0.05, 0) is 56.0 Å². The first-order valence-electron chi connectivity index (χ1n) is 16.9. The fraction of sp³-hybridized carbons (Fsp3) is 0.529. The van der Waals surface area contributed by atoms with Gasteiger partial charge in [0.25, 0.3) is 0 Å². The SMILES string of the molecule is COc1cc(N2CCC(N3CCN(C)CC3)CC2)ccc1Nc1ncc(Cl)c(Nc2cccc3c2N(S(=O)(=O)CC2CC(F)(F)C2)CC3)n1. The van der Waals surface area contributed by atoms with Gasteiger partial charge in [0.05, 0.1) is 36.1 Å². The number of piperidine rings is 1. The molecule has 2 saturated heterocycles. The van der Waals surface area contributed by atoms with Crippen molar-refractivity contribution in [1.82, 2.24) is 19.8 Å². The summed E-state index contributed by atoms with van der Waals surface area (Å²) in [4.78, 5) is 16.4. The number of sulfonamides is 1. The van der Waals surface area contributed by atoms with E-state index in [0.29, 0.717) is 35.3 Å². The third-order valence-corrected chi connectivity index (χ3v) is 12.4. The first kappa shape index (κ1) is 34.0. The summed E-state index contributed by atoms with van der Waals surface area (Å²) in [6.45, 7) is 6.76. The van der Waals surface area contributed by atoms with Crippen molar-refractivity contribution in [3.05, 3.63) is 53.2 Å². The number of halogens is 3. The van der Waals surface area contributed by atoms with E-state index in [1.807, 2.05) is 24.3 Å². The minimum atomic E-state index is -3.83. The molecule has 15 heteroatoms. The maximum atomic E-state index is 13.4. The Labute approximate surface area is 291 Å². The fourth-order valence-electron chi connectivity index (χ4n) is 7.51. The molecule has 0 spiro atoms. The maximum Gasteiger partial charge on any atom is 0.248 e. The first-order valence-corrected chi connectivity index (χ1v) is 18.9. The van der Waals surface area contributed by atoms with E-state index in [-0.39, 0.29) is 29.1 Å². The summed E-state index contributed by atoms with van der Waals surface area (Å²) >= 11 is 6.53. The fourth-order valence-corrected chi connectivity index (χ4v) is 9.52. The molecule has 1 aliphatic carbocycles. The highest BCUT2D eigenvalue weighted by molar-refractivity contribution is 7.92. The molecule has 1 aromatic heterocycles. The van der Waals surface area contributed by atoms with Gasteiger partial charge in [-0.1, -0.05) is 23.7 Å². The molecule has 0 amide bonds. The monoisotopic (exact) mass is 716 g/mol. The molecule has 2 N–H and O–H groups in total. The van der Waals surface area contributed by atoms with Gasteiger partial charge >= 0.3 is 0 Å². The average molecular weight is 717 g/mol. The zero-order valence-corrected chi connectivity index (χ0v) is 29.4. The van der Waals surface area contributed by atoms with Crippen molar-refractivity contribution < 1.29 is 21.9 Å². The quantitative estimate of drug-likeness (QED) is 0.276. The van der Waals surface area contributed by atoms with Crippen LogP contribution in [0.3, 0.4) is 0 Å². The van der Waals surface area contributed by atoms with Crippen molar-refractivity contribution >= 4 is 56.1 Å². The molecule has 7 rings (SSSR count). The van der Waals surface area contributed by atoms with Gasteiger partial charge in [0.15, 0.2) is 5.82 Å². The number of hydrogen-bond acceptors (Lipinski definition) is 10. The lowest BCUT2D eigenvalue weighted by Crippen LogP contribution is -2.52. The third-order valence-electron chi connectivity index (χ3n) is 10.2. The number of ether oxygens (including phenoxy) is 1. The molecule has 3 aliphatic heterocycles. The van der Waals surface area contributed by atoms with Crippen LogP contribution in [0.15, 0.2) is 42.6 Å². The second kappa shape index (κ2) is 13.7. The zero-order valence-electron chi connectivity index (χ0n) is 27.8. The Morgan fingerprint density at radius 1 is 1.00 bits per heavy atom. The van der Waals surface area contributed by atoms with E-state index in [1.54, 1.807) is 13.2 Å². The Hall–Kier alpha value is -3.46. The van der Waals surface area contributed by atoms with Crippen molar-refractivity contribution in [1.29, 1.82) is 0 Å². The van der Waals surface area contributed by atoms with Crippen LogP contribution in [0.4, 0.5) is 43.3 Å². The Balaban J connectivity index is 1.04. The molecule has 0 atom stereocenters. The van der Waals surface area contributed by atoms with Crippen LogP contribution in [0.5, 0.6) is 5.75 Å². The maximum absolute atomic E-state index is 13.4. The largest absolute Gasteiger partial charge is 0.494 e. The van der Waals surface area contributed by atoms with E-state index in [2.05, 4.69) is 48.4 Å². The van der Waals surface area contributed by atoms with Gasteiger partial charge in [0.2, 0.25) is 21.9 Å². The van der Waals surface area contributed by atoms with Crippen molar-refractivity contribution in [2.24, 2.45) is 5.92 Å². The molecule has 3 aromatic rings. The van der Waals surface area contributed by atoms with Gasteiger partial charge in [-0.25, -0.2) is 22.2 Å². The molecule has 0 bridgehead atoms. The van der Waals surface area contributed by atoms with E-state index in [1.165, 1.54) is 10.5 Å². The molecule has 0 unspecified atom stereocenters. The van der Waals surface area contributed by atoms with Gasteiger partial charge in [0, 0.05) is 76.5 Å². The highest BCUT2D eigenvalue weighted by atomic mass is 35.5. The van der Waals surface area contributed by atoms with Crippen molar-refractivity contribution in [3.8, 4) is 5.75 Å². The molecule has 4 aliphatic rings. The number of nitrogens with one attached hydrogen (secondary N) is 2. The minimum Gasteiger partial charge on any atom is -0.494 e. The second-order valence-electron chi connectivity index (χ2n) is 13.6. The average Bonchev–Trinajstić information content (AvgIpc) is 3.52. The number of piperazine rings is 1. The van der Waals surface area contributed by atoms with Crippen LogP contribution >= 0.6 is 11.6 Å². The number of anilines is 6. The molecule has 3 fully saturated rings. The standard InChI is InChI=1S/C34H43ClF2N8O3S/c1-42-14-16-44(17-15-42)25-9-11-43(12-10-25)26-6-7-28(30(18-26)48-2)40-33-38-21-27(35)32(41-33)39-29-5-3-4-24-8-13-45(31(24)29)49(46,47)22-23-19-34(36,37)20-23/h3-7,18,21,23,25H,8-17,19-20,22H2,1-2H3,(H2,38,39,40,41). The predicted molar refractivity (Wildman–Crippen MR) is 190 cm³/mol. The molecular weight excluding hydrogens is 674 g/mol. The van der Waals surface area contributed by atoms with Crippen LogP contribution in [0.1, 0.15) is 31.2 Å². The Bertz CT molecular complexity index is 1780. The van der Waals surface area contributed by atoms with Crippen LogP contribution in [-0.4, -0.2) is 106 Å². The molecule has 1 saturated carbocycles. The summed E-state index contributed by atoms with van der Waals surface area (Å²) in [6, 6.07) is 12.1. The Kier molecular flexibility index (Phi) is 9.50. The third kappa shape index (κ3) is 7.38. The van der Waals surface area contributed by atoms with E-state index in [4.69, 9.17) is 16.3 Å². The zero-order chi connectivity index (χ0) is 34.3. The van der Waals surface area contributed by atoms with Crippen LogP contribution in [-0.2, 0) is 16.4 Å². The number of fused-ring (bicyclic) bond motifs is 1. The number of benzene rings is 2. The van der Waals surface area contributed by atoms with Gasteiger partial charge in [0.1, 0.15) is 10.8 Å². The highest BCUT2D eigenvalue weighted by Crippen LogP contribution is 2.45. The number of aromatic nitrogens is 2. The van der Waals surface area contributed by atoms with Gasteiger partial charge < -0.3 is 25.2 Å². The Morgan fingerprint density at radius 3 is 2.47 bits per heavy atom. The number of likely N-dealkylation sites (N-methyl/N-ethyl adjacent to an activating group) is 1. The van der Waals surface area contributed by atoms with Crippen molar-refractivity contribution in [3.63, 3.8) is 0 Å². The van der Waals surface area contributed by atoms with Crippen LogP contribution < -0.4 is 24.6 Å². The summed E-state index contributed by atoms with van der Waals surface area (Å²) in [5.41, 5.74) is 3.61. The number of para-hydroxylation sites is 1. The Morgan fingerprint density at radius 2 is 1.76 bits per heavy atom. The molecule has 11 nitrogen and oxygen atoms in total. The first-order chi connectivity index (χ1) is 23.5. The summed E-state index contributed by atoms with van der Waals surface area (Å²) in [7, 11) is -0.00612. The van der Waals surface area contributed by atoms with Gasteiger partial charge in [-0.2, -0.15) is 4.98 Å². The number of methoxy groups -OCH3 is 1. The summed E-state index contributed by atoms with van der Waals surface area (Å²) in [5.74, 6) is -2.44. The van der Waals surface area contributed by atoms with Gasteiger partial charge in [-0.15, -0.1) is 0 Å². The van der Waals surface area contributed by atoms with Crippen LogP contribution in [0.2, 0.25) is 5.02 Å². The van der Waals surface area contributed by atoms with E-state index in [9.17, 15) is 17.2 Å². The van der Waals surface area contributed by atoms with Crippen LogP contribution in [0, 0.1) is 5.92 Å². The van der Waals surface area contributed by atoms with Crippen LogP contribution in [0.25, 0.3) is 0 Å². The molecule has 2 aromatic carbocycles. The van der Waals surface area contributed by atoms with Gasteiger partial charge in [-0.3, -0.25) is 9.21 Å². The number of hydrogen-bond donors (Lipinski definition) is 2. The predicted octanol–water partition coefficient (Wildman–Crippen LogP) is 5.58. The molecule has 0 radical (unpaired) electrons. The lowest BCUT2D eigenvalue weighted by molar-refractivity contribution is -0.103. The minimum absolute atomic E-state index is 0.244. The molecule has 49 heavy (non-hydrogen) atoms. The second-order valence-corrected chi connectivity index (χ2v) is 16.0. The molecule has 4 heterocycles. The smallest absolute Gasteiger partial charge is 0.248 e. The highest BCUT2D eigenvalue weighted by Gasteiger charge is 2.48. The van der Waals surface area contributed by atoms with Crippen molar-refractivity contribution in [2.45, 2.75) is 44.1 Å². The summed E-state index contributed by atoms with van der Waals surface area (Å²) in [5, 5.41) is 6.70. The van der Waals surface area contributed by atoms with E-state index in [0.717, 1.165) is 63.4 Å². The van der Waals surface area contributed by atoms with E-state index >= 15 is 0 Å². The molecular formula is C34H43ClF2N8O3S. The number of alkyl halides is 2. The number of rotatable bonds is 10. The van der Waals surface area contributed by atoms with Crippen molar-refractivity contribution in [2.75, 3.05) is 85.6 Å². The molecule has 264 valence electrons. The van der Waals surface area contributed by atoms with E-state index < -0.39 is 34.7 Å².